The van der Waals surface area contributed by atoms with E-state index < -0.39 is 11.8 Å². The number of pyridine rings is 1. The third-order valence-corrected chi connectivity index (χ3v) is 6.62. The quantitative estimate of drug-likeness (QED) is 0.445. The highest BCUT2D eigenvalue weighted by Crippen LogP contribution is 2.42. The molecule has 2 fully saturated rings. The normalized spacial score (nSPS) is 28.7. The Bertz CT molecular complexity index is 621. The SMILES string of the molecule is CCCC[C@H]1CC[C@H](C2CCC(C(=O)Oc3cnc(F)c(F)c3)CC2)CC1. The maximum atomic E-state index is 13.2. The zero-order valence-electron chi connectivity index (χ0n) is 16.3. The van der Waals surface area contributed by atoms with Gasteiger partial charge in [-0.15, -0.1) is 0 Å². The lowest BCUT2D eigenvalue weighted by atomic mass is 9.68. The van der Waals surface area contributed by atoms with Crippen LogP contribution in [0.4, 0.5) is 8.78 Å². The predicted octanol–water partition coefficient (Wildman–Crippen LogP) is 6.07. The second kappa shape index (κ2) is 9.61. The van der Waals surface area contributed by atoms with E-state index in [1.165, 1.54) is 44.9 Å². The van der Waals surface area contributed by atoms with Crippen LogP contribution >= 0.6 is 0 Å². The average Bonchev–Trinajstić information content (AvgIpc) is 2.70. The van der Waals surface area contributed by atoms with E-state index >= 15 is 0 Å². The third kappa shape index (κ3) is 5.49. The highest BCUT2D eigenvalue weighted by Gasteiger charge is 2.33. The number of ether oxygens (including phenoxy) is 1. The van der Waals surface area contributed by atoms with Crippen molar-refractivity contribution in [3.8, 4) is 5.75 Å². The van der Waals surface area contributed by atoms with Crippen LogP contribution in [-0.2, 0) is 4.79 Å². The highest BCUT2D eigenvalue weighted by molar-refractivity contribution is 5.75. The summed E-state index contributed by atoms with van der Waals surface area (Å²) in [5.41, 5.74) is 0. The minimum atomic E-state index is -1.18. The van der Waals surface area contributed by atoms with Crippen molar-refractivity contribution in [2.75, 3.05) is 0 Å². The maximum absolute atomic E-state index is 13.2. The van der Waals surface area contributed by atoms with Crippen molar-refractivity contribution in [1.82, 2.24) is 4.98 Å². The van der Waals surface area contributed by atoms with Crippen LogP contribution in [0.3, 0.4) is 0 Å². The first-order valence-corrected chi connectivity index (χ1v) is 10.6. The Kier molecular flexibility index (Phi) is 7.20. The zero-order chi connectivity index (χ0) is 19.2. The van der Waals surface area contributed by atoms with Crippen LogP contribution in [-0.4, -0.2) is 11.0 Å². The predicted molar refractivity (Wildman–Crippen MR) is 100 cm³/mol. The molecule has 0 bridgehead atoms. The summed E-state index contributed by atoms with van der Waals surface area (Å²) < 4.78 is 31.3. The summed E-state index contributed by atoms with van der Waals surface area (Å²) in [5.74, 6) is -0.317. The Morgan fingerprint density at radius 1 is 1.07 bits per heavy atom. The summed E-state index contributed by atoms with van der Waals surface area (Å²) in [5, 5.41) is 0. The molecule has 0 spiro atoms. The Hall–Kier alpha value is -1.52. The van der Waals surface area contributed by atoms with E-state index in [4.69, 9.17) is 4.74 Å². The lowest BCUT2D eigenvalue weighted by Gasteiger charge is -2.37. The Labute approximate surface area is 160 Å². The summed E-state index contributed by atoms with van der Waals surface area (Å²) in [6.45, 7) is 2.26. The van der Waals surface area contributed by atoms with E-state index in [-0.39, 0.29) is 17.6 Å². The van der Waals surface area contributed by atoms with Gasteiger partial charge in [-0.2, -0.15) is 4.39 Å². The van der Waals surface area contributed by atoms with Gasteiger partial charge in [0.2, 0.25) is 5.95 Å². The van der Waals surface area contributed by atoms with E-state index in [1.807, 2.05) is 0 Å². The van der Waals surface area contributed by atoms with E-state index in [2.05, 4.69) is 11.9 Å². The molecule has 1 aromatic rings. The summed E-state index contributed by atoms with van der Waals surface area (Å²) in [6, 6.07) is 0.878. The van der Waals surface area contributed by atoms with Crippen molar-refractivity contribution in [3.05, 3.63) is 24.0 Å². The molecular weight excluding hydrogens is 348 g/mol. The van der Waals surface area contributed by atoms with Gasteiger partial charge < -0.3 is 4.74 Å². The van der Waals surface area contributed by atoms with Crippen molar-refractivity contribution in [2.45, 2.75) is 77.6 Å². The molecule has 0 unspecified atom stereocenters. The standard InChI is InChI=1S/C22H31F2NO2/c1-2-3-4-15-5-7-16(8-6-15)17-9-11-18(12-10-17)22(26)27-19-13-20(23)21(24)25-14-19/h13-18H,2-12H2,1H3/t15-,16-,17?,18?. The van der Waals surface area contributed by atoms with Crippen LogP contribution in [0.5, 0.6) is 5.75 Å². The first-order chi connectivity index (χ1) is 13.1. The second-order valence-corrected chi connectivity index (χ2v) is 8.40. The number of halogens is 2. The summed E-state index contributed by atoms with van der Waals surface area (Å²) in [6.07, 6.45) is 14.3. The number of rotatable bonds is 6. The fourth-order valence-corrected chi connectivity index (χ4v) is 4.93. The molecule has 0 aliphatic heterocycles. The lowest BCUT2D eigenvalue weighted by molar-refractivity contribution is -0.140. The topological polar surface area (TPSA) is 39.2 Å². The van der Waals surface area contributed by atoms with Gasteiger partial charge >= 0.3 is 5.97 Å². The molecule has 3 nitrogen and oxygen atoms in total. The molecule has 27 heavy (non-hydrogen) atoms. The molecule has 0 aromatic carbocycles. The Morgan fingerprint density at radius 3 is 2.30 bits per heavy atom. The van der Waals surface area contributed by atoms with Gasteiger partial charge in [0.1, 0.15) is 0 Å². The van der Waals surface area contributed by atoms with Crippen molar-refractivity contribution < 1.29 is 18.3 Å². The Balaban J connectivity index is 1.42. The first-order valence-electron chi connectivity index (χ1n) is 10.6. The molecule has 0 radical (unpaired) electrons. The van der Waals surface area contributed by atoms with Crippen molar-refractivity contribution in [3.63, 3.8) is 0 Å². The number of carbonyl (C=O) groups excluding carboxylic acids is 1. The molecule has 0 atom stereocenters. The monoisotopic (exact) mass is 379 g/mol. The van der Waals surface area contributed by atoms with Gasteiger partial charge in [0.15, 0.2) is 11.6 Å². The number of hydrogen-bond donors (Lipinski definition) is 0. The van der Waals surface area contributed by atoms with Crippen LogP contribution in [0.15, 0.2) is 12.3 Å². The maximum Gasteiger partial charge on any atom is 0.314 e. The van der Waals surface area contributed by atoms with Crippen molar-refractivity contribution >= 4 is 5.97 Å². The smallest absolute Gasteiger partial charge is 0.314 e. The second-order valence-electron chi connectivity index (χ2n) is 8.40. The van der Waals surface area contributed by atoms with Gasteiger partial charge in [-0.25, -0.2) is 9.37 Å². The van der Waals surface area contributed by atoms with Crippen molar-refractivity contribution in [1.29, 1.82) is 0 Å². The van der Waals surface area contributed by atoms with Crippen LogP contribution in [0, 0.1) is 35.4 Å². The highest BCUT2D eigenvalue weighted by atomic mass is 19.2. The number of hydrogen-bond acceptors (Lipinski definition) is 3. The van der Waals surface area contributed by atoms with E-state index in [0.29, 0.717) is 0 Å². The Morgan fingerprint density at radius 2 is 1.70 bits per heavy atom. The summed E-state index contributed by atoms with van der Waals surface area (Å²) >= 11 is 0. The average molecular weight is 379 g/mol. The number of unbranched alkanes of at least 4 members (excludes halogenated alkanes) is 1. The van der Waals surface area contributed by atoms with E-state index in [1.54, 1.807) is 0 Å². The minimum Gasteiger partial charge on any atom is -0.425 e. The van der Waals surface area contributed by atoms with Gasteiger partial charge in [-0.3, -0.25) is 4.79 Å². The minimum absolute atomic E-state index is 0.0218. The van der Waals surface area contributed by atoms with Crippen LogP contribution in [0.25, 0.3) is 0 Å². The number of carbonyl (C=O) groups is 1. The summed E-state index contributed by atoms with van der Waals surface area (Å²) in [7, 11) is 0. The number of nitrogens with zero attached hydrogens (tertiary/aromatic N) is 1. The zero-order valence-corrected chi connectivity index (χ0v) is 16.3. The van der Waals surface area contributed by atoms with E-state index in [0.717, 1.165) is 55.7 Å². The molecule has 2 aliphatic rings. The molecule has 5 heteroatoms. The number of aromatic nitrogens is 1. The first kappa shape index (κ1) is 20.2. The third-order valence-electron chi connectivity index (χ3n) is 6.62. The fraction of sp³-hybridized carbons (Fsp3) is 0.727. The van der Waals surface area contributed by atoms with E-state index in [9.17, 15) is 13.6 Å². The van der Waals surface area contributed by atoms with Crippen molar-refractivity contribution in [2.24, 2.45) is 23.7 Å². The number of esters is 1. The lowest BCUT2D eigenvalue weighted by Crippen LogP contribution is -2.30. The van der Waals surface area contributed by atoms with Crippen LogP contribution in [0.1, 0.15) is 77.6 Å². The molecular formula is C22H31F2NO2. The van der Waals surface area contributed by atoms with Gasteiger partial charge in [0.25, 0.3) is 0 Å². The molecule has 0 amide bonds. The molecule has 150 valence electrons. The fourth-order valence-electron chi connectivity index (χ4n) is 4.93. The van der Waals surface area contributed by atoms with Crippen LogP contribution in [0.2, 0.25) is 0 Å². The molecule has 2 saturated carbocycles. The molecule has 1 aromatic heterocycles. The van der Waals surface area contributed by atoms with Gasteiger partial charge in [0.05, 0.1) is 12.1 Å². The van der Waals surface area contributed by atoms with Gasteiger partial charge in [-0.1, -0.05) is 39.0 Å². The largest absolute Gasteiger partial charge is 0.425 e. The summed E-state index contributed by atoms with van der Waals surface area (Å²) in [4.78, 5) is 15.6. The van der Waals surface area contributed by atoms with Gasteiger partial charge in [-0.05, 0) is 56.3 Å². The molecule has 2 aliphatic carbocycles. The van der Waals surface area contributed by atoms with Gasteiger partial charge in [0, 0.05) is 6.07 Å². The molecule has 0 N–H and O–H groups in total. The molecule has 0 saturated heterocycles. The van der Waals surface area contributed by atoms with Crippen LogP contribution < -0.4 is 4.74 Å². The molecule has 3 rings (SSSR count). The molecule has 1 heterocycles.